The van der Waals surface area contributed by atoms with Gasteiger partial charge in [0.05, 0.1) is 11.7 Å². The van der Waals surface area contributed by atoms with Gasteiger partial charge < -0.3 is 10.4 Å². The minimum Gasteiger partial charge on any atom is -0.477 e. The van der Waals surface area contributed by atoms with Gasteiger partial charge in [0.1, 0.15) is 15.7 Å². The van der Waals surface area contributed by atoms with Crippen LogP contribution in [0.4, 0.5) is 4.39 Å². The Hall–Kier alpha value is -2.28. The van der Waals surface area contributed by atoms with Crippen molar-refractivity contribution in [3.05, 3.63) is 51.2 Å². The molecule has 2 unspecified atom stereocenters. The maximum atomic E-state index is 13.2. The van der Waals surface area contributed by atoms with Crippen molar-refractivity contribution >= 4 is 23.2 Å². The van der Waals surface area contributed by atoms with Crippen LogP contribution in [0, 0.1) is 18.7 Å². The quantitative estimate of drug-likeness (QED) is 0.784. The first-order chi connectivity index (χ1) is 11.8. The van der Waals surface area contributed by atoms with Gasteiger partial charge in [-0.1, -0.05) is 19.1 Å². The second-order valence-electron chi connectivity index (χ2n) is 6.07. The molecular formula is C18H21FN2O3S. The highest BCUT2D eigenvalue weighted by Crippen LogP contribution is 2.24. The number of halogens is 1. The normalized spacial score (nSPS) is 13.3. The number of hydrogen-bond acceptors (Lipinski definition) is 4. The van der Waals surface area contributed by atoms with Crippen molar-refractivity contribution in [3.8, 4) is 0 Å². The number of amides is 1. The molecule has 0 aliphatic heterocycles. The number of hydrogen-bond donors (Lipinski definition) is 2. The third-order valence-corrected chi connectivity index (χ3v) is 5.27. The van der Waals surface area contributed by atoms with Gasteiger partial charge in [0.15, 0.2) is 0 Å². The molecule has 2 aromatic rings. The van der Waals surface area contributed by atoms with E-state index >= 15 is 0 Å². The standard InChI is InChI=1S/C18H21FN2O3S/c1-10(7-8-13-5-4-6-14(19)9-13)16(22)20-12(3)17-21-11(2)15(25-17)18(23)24/h4-6,9-10,12H,7-8H2,1-3H3,(H,20,22)(H,23,24). The maximum absolute atomic E-state index is 13.2. The first-order valence-electron chi connectivity index (χ1n) is 8.03. The number of thiazole rings is 1. The first-order valence-corrected chi connectivity index (χ1v) is 8.85. The molecule has 134 valence electrons. The molecule has 5 nitrogen and oxygen atoms in total. The molecular weight excluding hydrogens is 343 g/mol. The van der Waals surface area contributed by atoms with E-state index in [1.807, 2.05) is 13.0 Å². The van der Waals surface area contributed by atoms with Gasteiger partial charge in [0.25, 0.3) is 0 Å². The summed E-state index contributed by atoms with van der Waals surface area (Å²) >= 11 is 1.07. The Bertz CT molecular complexity index is 775. The van der Waals surface area contributed by atoms with E-state index in [1.54, 1.807) is 19.9 Å². The average Bonchev–Trinajstić information content (AvgIpc) is 2.95. The third kappa shape index (κ3) is 5.09. The van der Waals surface area contributed by atoms with Gasteiger partial charge in [-0.05, 0) is 44.4 Å². The van der Waals surface area contributed by atoms with Crippen LogP contribution in [0.25, 0.3) is 0 Å². The summed E-state index contributed by atoms with van der Waals surface area (Å²) in [5.74, 6) is -1.67. The molecule has 0 bridgehead atoms. The smallest absolute Gasteiger partial charge is 0.347 e. The van der Waals surface area contributed by atoms with Gasteiger partial charge in [-0.2, -0.15) is 0 Å². The predicted octanol–water partition coefficient (Wildman–Crippen LogP) is 3.73. The largest absolute Gasteiger partial charge is 0.477 e. The molecule has 0 saturated carbocycles. The number of aromatic nitrogens is 1. The average molecular weight is 364 g/mol. The molecule has 0 spiro atoms. The van der Waals surface area contributed by atoms with Gasteiger partial charge in [-0.25, -0.2) is 14.2 Å². The zero-order chi connectivity index (χ0) is 18.6. The summed E-state index contributed by atoms with van der Waals surface area (Å²) in [6.07, 6.45) is 1.21. The molecule has 25 heavy (non-hydrogen) atoms. The molecule has 0 fully saturated rings. The van der Waals surface area contributed by atoms with Crippen LogP contribution in [0.1, 0.15) is 52.2 Å². The highest BCUT2D eigenvalue weighted by atomic mass is 32.1. The Balaban J connectivity index is 1.91. The van der Waals surface area contributed by atoms with E-state index in [4.69, 9.17) is 5.11 Å². The lowest BCUT2D eigenvalue weighted by Gasteiger charge is -2.16. The Kier molecular flexibility index (Phi) is 6.25. The predicted molar refractivity (Wildman–Crippen MR) is 94.3 cm³/mol. The van der Waals surface area contributed by atoms with Crippen molar-refractivity contribution in [1.29, 1.82) is 0 Å². The van der Waals surface area contributed by atoms with E-state index in [0.717, 1.165) is 16.9 Å². The number of benzene rings is 1. The zero-order valence-electron chi connectivity index (χ0n) is 14.4. The summed E-state index contributed by atoms with van der Waals surface area (Å²) in [5, 5.41) is 12.5. The lowest BCUT2D eigenvalue weighted by molar-refractivity contribution is -0.125. The summed E-state index contributed by atoms with van der Waals surface area (Å²) in [6.45, 7) is 5.23. The second kappa shape index (κ2) is 8.20. The molecule has 2 N–H and O–H groups in total. The first kappa shape index (κ1) is 19.1. The number of carboxylic acids is 1. The Morgan fingerprint density at radius 3 is 2.68 bits per heavy atom. The van der Waals surface area contributed by atoms with Crippen molar-refractivity contribution in [1.82, 2.24) is 10.3 Å². The number of carboxylic acid groups (broad SMARTS) is 1. The van der Waals surface area contributed by atoms with Crippen LogP contribution < -0.4 is 5.32 Å². The Morgan fingerprint density at radius 1 is 1.36 bits per heavy atom. The minimum atomic E-state index is -1.01. The number of rotatable bonds is 7. The summed E-state index contributed by atoms with van der Waals surface area (Å²) < 4.78 is 13.2. The zero-order valence-corrected chi connectivity index (χ0v) is 15.2. The van der Waals surface area contributed by atoms with Gasteiger partial charge in [-0.15, -0.1) is 11.3 Å². The van der Waals surface area contributed by atoms with Crippen molar-refractivity contribution in [2.24, 2.45) is 5.92 Å². The number of carbonyl (C=O) groups is 2. The van der Waals surface area contributed by atoms with Crippen LogP contribution in [0.15, 0.2) is 24.3 Å². The SMILES string of the molecule is Cc1nc(C(C)NC(=O)C(C)CCc2cccc(F)c2)sc1C(=O)O. The number of nitrogens with zero attached hydrogens (tertiary/aromatic N) is 1. The van der Waals surface area contributed by atoms with Gasteiger partial charge in [-0.3, -0.25) is 4.79 Å². The van der Waals surface area contributed by atoms with Crippen LogP contribution in [0.3, 0.4) is 0 Å². The van der Waals surface area contributed by atoms with Crippen molar-refractivity contribution in [3.63, 3.8) is 0 Å². The Morgan fingerprint density at radius 2 is 2.08 bits per heavy atom. The van der Waals surface area contributed by atoms with Crippen molar-refractivity contribution in [2.75, 3.05) is 0 Å². The molecule has 2 atom stereocenters. The molecule has 1 aromatic heterocycles. The molecule has 0 saturated heterocycles. The summed E-state index contributed by atoms with van der Waals surface area (Å²) in [7, 11) is 0. The Labute approximate surface area is 149 Å². The number of carbonyl (C=O) groups excluding carboxylic acids is 1. The van der Waals surface area contributed by atoms with Gasteiger partial charge in [0, 0.05) is 5.92 Å². The van der Waals surface area contributed by atoms with E-state index in [2.05, 4.69) is 10.3 Å². The minimum absolute atomic E-state index is 0.131. The van der Waals surface area contributed by atoms with E-state index in [1.165, 1.54) is 12.1 Å². The fourth-order valence-electron chi connectivity index (χ4n) is 2.43. The fourth-order valence-corrected chi connectivity index (χ4v) is 3.33. The second-order valence-corrected chi connectivity index (χ2v) is 7.10. The number of nitrogens with one attached hydrogen (secondary N) is 1. The van der Waals surface area contributed by atoms with Crippen LogP contribution in [0.2, 0.25) is 0 Å². The molecule has 7 heteroatoms. The molecule has 0 radical (unpaired) electrons. The third-order valence-electron chi connectivity index (χ3n) is 3.94. The number of aryl methyl sites for hydroxylation is 2. The van der Waals surface area contributed by atoms with Gasteiger partial charge >= 0.3 is 5.97 Å². The lowest BCUT2D eigenvalue weighted by Crippen LogP contribution is -2.31. The van der Waals surface area contributed by atoms with E-state index in [-0.39, 0.29) is 28.6 Å². The highest BCUT2D eigenvalue weighted by molar-refractivity contribution is 7.13. The monoisotopic (exact) mass is 364 g/mol. The summed E-state index contributed by atoms with van der Waals surface area (Å²) in [4.78, 5) is 27.8. The van der Waals surface area contributed by atoms with Crippen LogP contribution in [0.5, 0.6) is 0 Å². The van der Waals surface area contributed by atoms with Crippen molar-refractivity contribution < 1.29 is 19.1 Å². The molecule has 1 amide bonds. The van der Waals surface area contributed by atoms with Crippen molar-refractivity contribution in [2.45, 2.75) is 39.7 Å². The molecule has 1 aromatic carbocycles. The van der Waals surface area contributed by atoms with E-state index < -0.39 is 5.97 Å². The van der Waals surface area contributed by atoms with Gasteiger partial charge in [0.2, 0.25) is 5.91 Å². The molecule has 0 aliphatic carbocycles. The summed E-state index contributed by atoms with van der Waals surface area (Å²) in [5.41, 5.74) is 1.31. The molecule has 2 rings (SSSR count). The highest BCUT2D eigenvalue weighted by Gasteiger charge is 2.21. The topological polar surface area (TPSA) is 79.3 Å². The molecule has 1 heterocycles. The molecule has 0 aliphatic rings. The summed E-state index contributed by atoms with van der Waals surface area (Å²) in [6, 6.07) is 5.99. The van der Waals surface area contributed by atoms with Crippen LogP contribution in [-0.4, -0.2) is 22.0 Å². The lowest BCUT2D eigenvalue weighted by atomic mass is 10.00. The maximum Gasteiger partial charge on any atom is 0.347 e. The number of aromatic carboxylic acids is 1. The van der Waals surface area contributed by atoms with Crippen LogP contribution in [-0.2, 0) is 11.2 Å². The fraction of sp³-hybridized carbons (Fsp3) is 0.389. The van der Waals surface area contributed by atoms with Crippen LogP contribution >= 0.6 is 11.3 Å². The van der Waals surface area contributed by atoms with E-state index in [9.17, 15) is 14.0 Å². The van der Waals surface area contributed by atoms with E-state index in [0.29, 0.717) is 23.5 Å².